The number of nitrogens with one attached hydrogen (secondary N) is 3. The smallest absolute Gasteiger partial charge is 0.319 e. The van der Waals surface area contributed by atoms with Crippen molar-refractivity contribution in [1.82, 2.24) is 15.5 Å². The average Bonchev–Trinajstić information content (AvgIpc) is 2.99. The second kappa shape index (κ2) is 9.00. The highest BCUT2D eigenvalue weighted by Gasteiger charge is 2.38. The van der Waals surface area contributed by atoms with E-state index in [0.29, 0.717) is 29.1 Å². The molecule has 0 unspecified atom stereocenters. The van der Waals surface area contributed by atoms with E-state index in [1.165, 1.54) is 4.90 Å². The Hall–Kier alpha value is -3.39. The van der Waals surface area contributed by atoms with E-state index in [9.17, 15) is 19.2 Å². The van der Waals surface area contributed by atoms with Crippen molar-refractivity contribution in [3.63, 3.8) is 0 Å². The van der Waals surface area contributed by atoms with Gasteiger partial charge in [0.1, 0.15) is 6.04 Å². The SMILES string of the molecule is Cc1ccc(NC(=O)NCc2cccc3c2CN([C@H]2CCCC(=O)NC2=O)C3=O)cc1Cl. The molecule has 0 aromatic heterocycles. The van der Waals surface area contributed by atoms with Crippen molar-refractivity contribution in [2.24, 2.45) is 0 Å². The van der Waals surface area contributed by atoms with E-state index in [1.807, 2.05) is 19.1 Å². The summed E-state index contributed by atoms with van der Waals surface area (Å²) in [6.45, 7) is 2.35. The van der Waals surface area contributed by atoms with Gasteiger partial charge in [-0.15, -0.1) is 0 Å². The molecule has 0 bridgehead atoms. The molecule has 1 fully saturated rings. The lowest BCUT2D eigenvalue weighted by Crippen LogP contribution is -2.47. The van der Waals surface area contributed by atoms with E-state index >= 15 is 0 Å². The summed E-state index contributed by atoms with van der Waals surface area (Å²) in [4.78, 5) is 50.9. The molecule has 1 saturated heterocycles. The van der Waals surface area contributed by atoms with Crippen LogP contribution in [0.25, 0.3) is 0 Å². The van der Waals surface area contributed by atoms with E-state index in [-0.39, 0.29) is 31.3 Å². The Balaban J connectivity index is 1.44. The van der Waals surface area contributed by atoms with E-state index < -0.39 is 18.0 Å². The van der Waals surface area contributed by atoms with Crippen molar-refractivity contribution in [2.45, 2.75) is 45.3 Å². The van der Waals surface area contributed by atoms with Crippen LogP contribution in [-0.4, -0.2) is 34.7 Å². The van der Waals surface area contributed by atoms with Gasteiger partial charge in [0.15, 0.2) is 0 Å². The topological polar surface area (TPSA) is 108 Å². The Labute approximate surface area is 190 Å². The summed E-state index contributed by atoms with van der Waals surface area (Å²) in [7, 11) is 0. The van der Waals surface area contributed by atoms with Crippen LogP contribution in [0.5, 0.6) is 0 Å². The molecule has 0 radical (unpaired) electrons. The minimum Gasteiger partial charge on any atom is -0.334 e. The largest absolute Gasteiger partial charge is 0.334 e. The first-order valence-electron chi connectivity index (χ1n) is 10.4. The summed E-state index contributed by atoms with van der Waals surface area (Å²) in [6, 6.07) is 9.49. The first kappa shape index (κ1) is 21.8. The van der Waals surface area contributed by atoms with Gasteiger partial charge in [0.2, 0.25) is 11.8 Å². The number of rotatable bonds is 4. The maximum absolute atomic E-state index is 13.0. The van der Waals surface area contributed by atoms with Crippen LogP contribution in [0, 0.1) is 6.92 Å². The minimum atomic E-state index is -0.684. The predicted molar refractivity (Wildman–Crippen MR) is 119 cm³/mol. The average molecular weight is 455 g/mol. The molecule has 2 aliphatic heterocycles. The number of fused-ring (bicyclic) bond motifs is 1. The maximum Gasteiger partial charge on any atom is 0.319 e. The van der Waals surface area contributed by atoms with Crippen molar-refractivity contribution in [3.05, 3.63) is 63.7 Å². The van der Waals surface area contributed by atoms with Gasteiger partial charge in [0.05, 0.1) is 0 Å². The van der Waals surface area contributed by atoms with Gasteiger partial charge in [-0.1, -0.05) is 29.8 Å². The van der Waals surface area contributed by atoms with Crippen LogP contribution in [0.2, 0.25) is 5.02 Å². The number of aryl methyl sites for hydroxylation is 1. The Bertz CT molecular complexity index is 1120. The Kier molecular flexibility index (Phi) is 6.14. The van der Waals surface area contributed by atoms with Crippen molar-refractivity contribution < 1.29 is 19.2 Å². The molecule has 9 heteroatoms. The Morgan fingerprint density at radius 1 is 1.22 bits per heavy atom. The quantitative estimate of drug-likeness (QED) is 0.617. The third-order valence-electron chi connectivity index (χ3n) is 5.78. The maximum atomic E-state index is 13.0. The van der Waals surface area contributed by atoms with Crippen molar-refractivity contribution in [3.8, 4) is 0 Å². The molecule has 8 nitrogen and oxygen atoms in total. The molecule has 166 valence electrons. The van der Waals surface area contributed by atoms with Crippen LogP contribution in [0.1, 0.15) is 46.3 Å². The number of hydrogen-bond donors (Lipinski definition) is 3. The van der Waals surface area contributed by atoms with Crippen LogP contribution in [0.15, 0.2) is 36.4 Å². The first-order chi connectivity index (χ1) is 15.3. The van der Waals surface area contributed by atoms with Crippen LogP contribution >= 0.6 is 11.6 Å². The van der Waals surface area contributed by atoms with Crippen LogP contribution in [0.4, 0.5) is 10.5 Å². The third kappa shape index (κ3) is 4.45. The Morgan fingerprint density at radius 2 is 2.03 bits per heavy atom. The third-order valence-corrected chi connectivity index (χ3v) is 6.19. The normalized spacial score (nSPS) is 18.1. The lowest BCUT2D eigenvalue weighted by molar-refractivity contribution is -0.132. The van der Waals surface area contributed by atoms with Gasteiger partial charge in [-0.3, -0.25) is 19.7 Å². The van der Waals surface area contributed by atoms with Gasteiger partial charge in [-0.2, -0.15) is 0 Å². The fraction of sp³-hybridized carbons (Fsp3) is 0.304. The molecule has 0 spiro atoms. The van der Waals surface area contributed by atoms with Gasteiger partial charge in [0, 0.05) is 35.8 Å². The van der Waals surface area contributed by atoms with Gasteiger partial charge in [0.25, 0.3) is 5.91 Å². The molecular weight excluding hydrogens is 432 g/mol. The van der Waals surface area contributed by atoms with Crippen LogP contribution in [-0.2, 0) is 22.7 Å². The summed E-state index contributed by atoms with van der Waals surface area (Å²) >= 11 is 6.10. The number of anilines is 1. The highest BCUT2D eigenvalue weighted by Crippen LogP contribution is 2.30. The molecule has 5 amide bonds. The van der Waals surface area contributed by atoms with Gasteiger partial charge in [-0.25, -0.2) is 4.79 Å². The predicted octanol–water partition coefficient (Wildman–Crippen LogP) is 3.12. The van der Waals surface area contributed by atoms with Gasteiger partial charge in [-0.05, 0) is 54.7 Å². The molecule has 0 aliphatic carbocycles. The van der Waals surface area contributed by atoms with Gasteiger partial charge >= 0.3 is 6.03 Å². The highest BCUT2D eigenvalue weighted by atomic mass is 35.5. The molecule has 3 N–H and O–H groups in total. The fourth-order valence-electron chi connectivity index (χ4n) is 4.03. The number of carbonyl (C=O) groups is 4. The molecular formula is C23H23ClN4O4. The van der Waals surface area contributed by atoms with E-state index in [2.05, 4.69) is 16.0 Å². The van der Waals surface area contributed by atoms with Crippen molar-refractivity contribution in [2.75, 3.05) is 5.32 Å². The van der Waals surface area contributed by atoms with Crippen LogP contribution < -0.4 is 16.0 Å². The van der Waals surface area contributed by atoms with Crippen molar-refractivity contribution >= 4 is 41.0 Å². The number of halogens is 1. The minimum absolute atomic E-state index is 0.213. The summed E-state index contributed by atoms with van der Waals surface area (Å²) in [5.74, 6) is -0.994. The lowest BCUT2D eigenvalue weighted by Gasteiger charge is -2.24. The molecule has 2 aromatic rings. The number of benzene rings is 2. The van der Waals surface area contributed by atoms with Gasteiger partial charge < -0.3 is 15.5 Å². The molecule has 2 heterocycles. The molecule has 32 heavy (non-hydrogen) atoms. The second-order valence-electron chi connectivity index (χ2n) is 7.97. The summed E-state index contributed by atoms with van der Waals surface area (Å²) < 4.78 is 0. The molecule has 0 saturated carbocycles. The molecule has 2 aliphatic rings. The Morgan fingerprint density at radius 3 is 2.81 bits per heavy atom. The van der Waals surface area contributed by atoms with Crippen LogP contribution in [0.3, 0.4) is 0 Å². The zero-order chi connectivity index (χ0) is 22.8. The first-order valence-corrected chi connectivity index (χ1v) is 10.8. The molecule has 1 atom stereocenters. The van der Waals surface area contributed by atoms with E-state index in [1.54, 1.807) is 24.3 Å². The number of hydrogen-bond acceptors (Lipinski definition) is 4. The molecule has 2 aromatic carbocycles. The lowest BCUT2D eigenvalue weighted by atomic mass is 10.0. The number of amides is 5. The summed E-state index contributed by atoms with van der Waals surface area (Å²) in [6.07, 6.45) is 1.25. The van der Waals surface area contributed by atoms with Crippen molar-refractivity contribution in [1.29, 1.82) is 0 Å². The monoisotopic (exact) mass is 454 g/mol. The zero-order valence-electron chi connectivity index (χ0n) is 17.5. The standard InChI is InChI=1S/C23H23ClN4O4/c1-13-8-9-15(10-18(13)24)26-23(32)25-11-14-4-2-5-16-17(14)12-28(22(16)31)19-6-3-7-20(29)27-21(19)30/h2,4-5,8-10,19H,3,6-7,11-12H2,1H3,(H2,25,26,32)(H,27,29,30)/t19-/m0/s1. The zero-order valence-corrected chi connectivity index (χ0v) is 18.3. The summed E-state index contributed by atoms with van der Waals surface area (Å²) in [5.41, 5.74) is 3.57. The summed E-state index contributed by atoms with van der Waals surface area (Å²) in [5, 5.41) is 8.45. The highest BCUT2D eigenvalue weighted by molar-refractivity contribution is 6.31. The number of imide groups is 1. The number of urea groups is 1. The van der Waals surface area contributed by atoms with E-state index in [4.69, 9.17) is 11.6 Å². The second-order valence-corrected chi connectivity index (χ2v) is 8.38. The number of carbonyl (C=O) groups excluding carboxylic acids is 4. The fourth-order valence-corrected chi connectivity index (χ4v) is 4.21. The van der Waals surface area contributed by atoms with E-state index in [0.717, 1.165) is 16.7 Å². The number of nitrogens with zero attached hydrogens (tertiary/aromatic N) is 1. The molecule has 4 rings (SSSR count).